The van der Waals surface area contributed by atoms with Gasteiger partial charge in [0.05, 0.1) is 0 Å². The van der Waals surface area contributed by atoms with Gasteiger partial charge in [0.15, 0.2) is 0 Å². The van der Waals surface area contributed by atoms with Crippen LogP contribution in [0.1, 0.15) is 12.8 Å². The van der Waals surface area contributed by atoms with E-state index in [1.54, 1.807) is 0 Å². The number of rotatable bonds is 7. The van der Waals surface area contributed by atoms with Gasteiger partial charge in [-0.25, -0.2) is 0 Å². The molecule has 2 rings (SSSR count). The van der Waals surface area contributed by atoms with Gasteiger partial charge in [0.25, 0.3) is 0 Å². The number of hydrogen-bond donors (Lipinski definition) is 1. The van der Waals surface area contributed by atoms with Crippen molar-refractivity contribution < 1.29 is 14.6 Å². The molecule has 0 aliphatic rings. The number of esters is 1. The van der Waals surface area contributed by atoms with E-state index in [1.807, 2.05) is 12.1 Å². The van der Waals surface area contributed by atoms with Gasteiger partial charge in [0.2, 0.25) is 0 Å². The van der Waals surface area contributed by atoms with Gasteiger partial charge in [-0.1, -0.05) is 0 Å². The van der Waals surface area contributed by atoms with Gasteiger partial charge < -0.3 is 0 Å². The Labute approximate surface area is 151 Å². The number of methoxy groups -OCH3 is 1. The van der Waals surface area contributed by atoms with Gasteiger partial charge in [-0.3, -0.25) is 0 Å². The molecule has 1 N–H and O–H groups in total. The zero-order valence-corrected chi connectivity index (χ0v) is 18.1. The van der Waals surface area contributed by atoms with E-state index >= 15 is 0 Å². The Morgan fingerprint density at radius 1 is 1.09 bits per heavy atom. The minimum absolute atomic E-state index is 0.452. The second-order valence-electron chi connectivity index (χ2n) is 5.46. The predicted octanol–water partition coefficient (Wildman–Crippen LogP) is 2.50. The molecule has 0 aliphatic carbocycles. The molecule has 0 spiro atoms. The number of carbonyl (C=O) groups excluding carboxylic acids is 1. The summed E-state index contributed by atoms with van der Waals surface area (Å²) in [7, 11) is 1.31. The second-order valence-corrected chi connectivity index (χ2v) is 27.1. The fourth-order valence-corrected chi connectivity index (χ4v) is 18.7. The molecule has 0 amide bonds. The first kappa shape index (κ1) is 18.7. The van der Waals surface area contributed by atoms with Crippen molar-refractivity contribution in [3.8, 4) is 0 Å². The molecular formula is C18H21IO3Sn. The van der Waals surface area contributed by atoms with Crippen LogP contribution in [0.5, 0.6) is 0 Å². The van der Waals surface area contributed by atoms with Crippen LogP contribution in [-0.4, -0.2) is 38.7 Å². The number of halogens is 1. The maximum absolute atomic E-state index is 11.4. The molecule has 2 aromatic rings. The Balaban J connectivity index is 2.17. The van der Waals surface area contributed by atoms with Crippen molar-refractivity contribution in [3.05, 3.63) is 60.7 Å². The van der Waals surface area contributed by atoms with E-state index in [-0.39, 0.29) is 0 Å². The van der Waals surface area contributed by atoms with Crippen molar-refractivity contribution >= 4 is 46.2 Å². The number of hydrogen-bond acceptors (Lipinski definition) is 3. The first-order valence-corrected chi connectivity index (χ1v) is 20.8. The van der Waals surface area contributed by atoms with Crippen LogP contribution in [0, 0.1) is 0 Å². The standard InChI is InChI=1S/C6H11O3.2C6H5.HI.Sn/c1-3-4-5(7)6(8)9-2;2*1-2-4-6-5-3-1;;/h5,7H,1,3-4H2,2H3;2*1-5H;1H;/q;;;;+1/p-1. The molecule has 0 aromatic heterocycles. The summed E-state index contributed by atoms with van der Waals surface area (Å²) in [4.78, 5) is 11.4. The van der Waals surface area contributed by atoms with Crippen LogP contribution in [0.15, 0.2) is 60.7 Å². The normalized spacial score (nSPS) is 12.7. The third-order valence-corrected chi connectivity index (χ3v) is 26.0. The summed E-state index contributed by atoms with van der Waals surface area (Å²) in [6, 6.07) is 21.3. The Kier molecular flexibility index (Phi) is 7.36. The third kappa shape index (κ3) is 4.93. The molecule has 5 heteroatoms. The monoisotopic (exact) mass is 532 g/mol. The van der Waals surface area contributed by atoms with Crippen LogP contribution in [0.25, 0.3) is 0 Å². The molecule has 1 unspecified atom stereocenters. The van der Waals surface area contributed by atoms with Crippen LogP contribution in [0.4, 0.5) is 0 Å². The van der Waals surface area contributed by atoms with E-state index in [0.29, 0.717) is 6.42 Å². The fraction of sp³-hybridized carbons (Fsp3) is 0.278. The van der Waals surface area contributed by atoms with Crippen molar-refractivity contribution in [2.24, 2.45) is 0 Å². The summed E-state index contributed by atoms with van der Waals surface area (Å²) in [5, 5.41) is 9.80. The summed E-state index contributed by atoms with van der Waals surface area (Å²) >= 11 is -0.0963. The fourth-order valence-electron chi connectivity index (χ4n) is 2.65. The molecule has 1 atom stereocenters. The average Bonchev–Trinajstić information content (AvgIpc) is 2.62. The third-order valence-electron chi connectivity index (χ3n) is 3.93. The van der Waals surface area contributed by atoms with E-state index in [0.717, 1.165) is 10.9 Å². The van der Waals surface area contributed by atoms with Gasteiger partial charge in [-0.15, -0.1) is 0 Å². The van der Waals surface area contributed by atoms with Crippen LogP contribution in [-0.2, 0) is 9.53 Å². The number of aliphatic hydroxyl groups is 1. The summed E-state index contributed by atoms with van der Waals surface area (Å²) in [6.45, 7) is 0. The van der Waals surface area contributed by atoms with Crippen molar-refractivity contribution in [3.63, 3.8) is 0 Å². The molecule has 0 aliphatic heterocycles. The molecule has 0 saturated heterocycles. The molecule has 0 bridgehead atoms. The van der Waals surface area contributed by atoms with E-state index in [1.165, 1.54) is 14.3 Å². The maximum atomic E-state index is 11.4. The predicted molar refractivity (Wildman–Crippen MR) is 104 cm³/mol. The number of benzene rings is 2. The second kappa shape index (κ2) is 9.03. The van der Waals surface area contributed by atoms with Crippen molar-refractivity contribution in [2.45, 2.75) is 23.4 Å². The molecule has 0 saturated carbocycles. The van der Waals surface area contributed by atoms with Crippen LogP contribution >= 0.6 is 18.6 Å². The molecule has 122 valence electrons. The topological polar surface area (TPSA) is 46.5 Å². The van der Waals surface area contributed by atoms with Gasteiger partial charge in [-0.2, -0.15) is 0 Å². The summed E-state index contributed by atoms with van der Waals surface area (Å²) in [6.07, 6.45) is 0.256. The molecule has 23 heavy (non-hydrogen) atoms. The van der Waals surface area contributed by atoms with Gasteiger partial charge in [-0.05, 0) is 0 Å². The first-order chi connectivity index (χ1) is 11.1. The Morgan fingerprint density at radius 3 is 2.00 bits per heavy atom. The Morgan fingerprint density at radius 2 is 1.57 bits per heavy atom. The van der Waals surface area contributed by atoms with E-state index in [9.17, 15) is 9.90 Å². The zero-order valence-electron chi connectivity index (χ0n) is 13.1. The molecule has 0 radical (unpaired) electrons. The number of ether oxygens (including phenoxy) is 1. The number of carbonyl (C=O) groups is 1. The summed E-state index contributed by atoms with van der Waals surface area (Å²) in [5.74, 6) is -0.543. The summed E-state index contributed by atoms with van der Waals surface area (Å²) in [5.41, 5.74) is 0. The molecule has 3 nitrogen and oxygen atoms in total. The number of aliphatic hydroxyl groups excluding tert-OH is 1. The van der Waals surface area contributed by atoms with Crippen LogP contribution < -0.4 is 7.16 Å². The molecular weight excluding hydrogens is 510 g/mol. The van der Waals surface area contributed by atoms with Crippen molar-refractivity contribution in [1.82, 2.24) is 0 Å². The SMILES string of the molecule is COC(=O)C(O)CC[CH2][Sn]([I])([c]1ccccc1)[c]1ccccc1. The van der Waals surface area contributed by atoms with Gasteiger partial charge >= 0.3 is 152 Å². The van der Waals surface area contributed by atoms with E-state index in [4.69, 9.17) is 0 Å². The van der Waals surface area contributed by atoms with Crippen molar-refractivity contribution in [2.75, 3.05) is 7.11 Å². The summed E-state index contributed by atoms with van der Waals surface area (Å²) < 4.78 is 8.49. The first-order valence-electron chi connectivity index (χ1n) is 7.64. The van der Waals surface area contributed by atoms with Gasteiger partial charge in [0.1, 0.15) is 0 Å². The minimum atomic E-state index is -2.79. The molecule has 2 aromatic carbocycles. The van der Waals surface area contributed by atoms with E-state index < -0.39 is 26.5 Å². The molecule has 0 heterocycles. The molecule has 0 fully saturated rings. The van der Waals surface area contributed by atoms with Crippen molar-refractivity contribution in [1.29, 1.82) is 0 Å². The van der Waals surface area contributed by atoms with Gasteiger partial charge in [0, 0.05) is 0 Å². The Hall–Kier alpha value is -0.601. The quantitative estimate of drug-likeness (QED) is 0.340. The average molecular weight is 531 g/mol. The van der Waals surface area contributed by atoms with Crippen LogP contribution in [0.2, 0.25) is 4.44 Å². The Bertz CT molecular complexity index is 579. The zero-order chi connectivity index (χ0) is 16.7. The van der Waals surface area contributed by atoms with E-state index in [2.05, 4.69) is 71.9 Å². The van der Waals surface area contributed by atoms with Crippen LogP contribution in [0.3, 0.4) is 0 Å².